The number of carbonyl (C=O) groups is 2. The Bertz CT molecular complexity index is 1400. The van der Waals surface area contributed by atoms with Gasteiger partial charge in [-0.2, -0.15) is 0 Å². The van der Waals surface area contributed by atoms with E-state index in [4.69, 9.17) is 14.2 Å². The molecule has 1 amide bonds. The van der Waals surface area contributed by atoms with Gasteiger partial charge in [-0.15, -0.1) is 0 Å². The molecule has 2 aliphatic heterocycles. The van der Waals surface area contributed by atoms with Gasteiger partial charge in [0.2, 0.25) is 6.79 Å². The minimum absolute atomic E-state index is 0.00633. The maximum absolute atomic E-state index is 13.5. The van der Waals surface area contributed by atoms with Crippen LogP contribution >= 0.6 is 0 Å². The van der Waals surface area contributed by atoms with Crippen molar-refractivity contribution < 1.29 is 28.9 Å². The molecule has 0 spiro atoms. The first-order valence-electron chi connectivity index (χ1n) is 11.6. The Balaban J connectivity index is 1.72. The fraction of sp³-hybridized carbons (Fsp3) is 0.250. The van der Waals surface area contributed by atoms with E-state index < -0.39 is 17.7 Å². The molecule has 184 valence electrons. The minimum Gasteiger partial charge on any atom is -0.507 e. The van der Waals surface area contributed by atoms with Crippen molar-refractivity contribution in [2.75, 3.05) is 18.8 Å². The zero-order chi connectivity index (χ0) is 25.6. The third-order valence-electron chi connectivity index (χ3n) is 6.55. The summed E-state index contributed by atoms with van der Waals surface area (Å²) in [7, 11) is 1.60. The Labute approximate surface area is 208 Å². The number of fused-ring (bicyclic) bond motifs is 1. The Morgan fingerprint density at radius 2 is 1.81 bits per heavy atom. The van der Waals surface area contributed by atoms with Crippen LogP contribution in [0.2, 0.25) is 0 Å². The molecule has 36 heavy (non-hydrogen) atoms. The Morgan fingerprint density at radius 3 is 2.50 bits per heavy atom. The number of benzene rings is 2. The highest BCUT2D eigenvalue weighted by Gasteiger charge is 2.47. The number of anilines is 1. The number of carbonyl (C=O) groups excluding carboxylic acids is 2. The lowest BCUT2D eigenvalue weighted by molar-refractivity contribution is -0.132. The quantitative estimate of drug-likeness (QED) is 0.312. The lowest BCUT2D eigenvalue weighted by atomic mass is 9.91. The van der Waals surface area contributed by atoms with Crippen LogP contribution in [0.4, 0.5) is 5.69 Å². The molecular formula is C28H26N2O6. The first kappa shape index (κ1) is 23.4. The molecule has 1 N–H and O–H groups in total. The van der Waals surface area contributed by atoms with Gasteiger partial charge in [-0.1, -0.05) is 13.8 Å². The number of methoxy groups -OCH3 is 1. The van der Waals surface area contributed by atoms with Crippen molar-refractivity contribution in [2.24, 2.45) is 0 Å². The molecule has 3 heterocycles. The molecule has 2 aliphatic rings. The largest absolute Gasteiger partial charge is 0.507 e. The maximum atomic E-state index is 13.5. The highest BCUT2D eigenvalue weighted by atomic mass is 16.7. The van der Waals surface area contributed by atoms with Gasteiger partial charge in [-0.05, 0) is 65.9 Å². The molecule has 1 atom stereocenters. The van der Waals surface area contributed by atoms with Crippen LogP contribution in [0.25, 0.3) is 5.76 Å². The number of rotatable bonds is 5. The summed E-state index contributed by atoms with van der Waals surface area (Å²) < 4.78 is 16.4. The van der Waals surface area contributed by atoms with Gasteiger partial charge < -0.3 is 19.3 Å². The van der Waals surface area contributed by atoms with Crippen molar-refractivity contribution in [3.05, 3.63) is 82.7 Å². The lowest BCUT2D eigenvalue weighted by Gasteiger charge is -2.25. The summed E-state index contributed by atoms with van der Waals surface area (Å²) in [6.45, 7) is 5.95. The van der Waals surface area contributed by atoms with E-state index in [0.717, 1.165) is 11.1 Å². The van der Waals surface area contributed by atoms with E-state index in [1.807, 2.05) is 32.9 Å². The summed E-state index contributed by atoms with van der Waals surface area (Å²) in [6, 6.07) is 11.3. The second-order valence-electron chi connectivity index (χ2n) is 9.05. The van der Waals surface area contributed by atoms with E-state index >= 15 is 0 Å². The predicted molar refractivity (Wildman–Crippen MR) is 133 cm³/mol. The number of ether oxygens (including phenoxy) is 3. The fourth-order valence-electron chi connectivity index (χ4n) is 4.72. The molecule has 1 saturated heterocycles. The van der Waals surface area contributed by atoms with Gasteiger partial charge in [0.25, 0.3) is 11.7 Å². The molecule has 0 aliphatic carbocycles. The SMILES string of the molecule is COc1cc(C)c(/C(O)=C2\C(=O)C(=O)N(c3ccc4c(c3)OCO4)C2c2ccncc2)cc1C(C)C. The normalized spacial score (nSPS) is 18.2. The number of nitrogens with zero attached hydrogens (tertiary/aromatic N) is 2. The van der Waals surface area contributed by atoms with Crippen molar-refractivity contribution in [1.82, 2.24) is 4.98 Å². The van der Waals surface area contributed by atoms with E-state index in [9.17, 15) is 14.7 Å². The van der Waals surface area contributed by atoms with E-state index in [2.05, 4.69) is 4.98 Å². The van der Waals surface area contributed by atoms with Crippen LogP contribution in [-0.4, -0.2) is 35.7 Å². The highest BCUT2D eigenvalue weighted by Crippen LogP contribution is 2.45. The van der Waals surface area contributed by atoms with Crippen molar-refractivity contribution in [1.29, 1.82) is 0 Å². The van der Waals surface area contributed by atoms with Crippen LogP contribution in [-0.2, 0) is 9.59 Å². The summed E-state index contributed by atoms with van der Waals surface area (Å²) in [5.74, 6) is 0.104. The van der Waals surface area contributed by atoms with Crippen molar-refractivity contribution in [3.8, 4) is 17.2 Å². The molecule has 8 heteroatoms. The third kappa shape index (κ3) is 3.75. The lowest BCUT2D eigenvalue weighted by Crippen LogP contribution is -2.29. The number of hydrogen-bond donors (Lipinski definition) is 1. The monoisotopic (exact) mass is 486 g/mol. The van der Waals surface area contributed by atoms with Gasteiger partial charge in [0.05, 0.1) is 18.7 Å². The van der Waals surface area contributed by atoms with Gasteiger partial charge in [-0.25, -0.2) is 0 Å². The molecule has 0 radical (unpaired) electrons. The topological polar surface area (TPSA) is 98.2 Å². The average Bonchev–Trinajstić information content (AvgIpc) is 3.45. The number of hydrogen-bond acceptors (Lipinski definition) is 7. The average molecular weight is 487 g/mol. The van der Waals surface area contributed by atoms with Crippen molar-refractivity contribution in [2.45, 2.75) is 32.7 Å². The first-order valence-corrected chi connectivity index (χ1v) is 11.6. The fourth-order valence-corrected chi connectivity index (χ4v) is 4.72. The van der Waals surface area contributed by atoms with Gasteiger partial charge >= 0.3 is 0 Å². The van der Waals surface area contributed by atoms with Gasteiger partial charge in [0, 0.05) is 29.7 Å². The van der Waals surface area contributed by atoms with E-state index in [1.54, 1.807) is 49.8 Å². The summed E-state index contributed by atoms with van der Waals surface area (Å²) in [4.78, 5) is 32.3. The molecule has 1 fully saturated rings. The van der Waals surface area contributed by atoms with Crippen molar-refractivity contribution in [3.63, 3.8) is 0 Å². The second kappa shape index (κ2) is 9.03. The Morgan fingerprint density at radius 1 is 1.08 bits per heavy atom. The zero-order valence-corrected chi connectivity index (χ0v) is 20.4. The summed E-state index contributed by atoms with van der Waals surface area (Å²) in [5, 5.41) is 11.6. The number of aliphatic hydroxyl groups excluding tert-OH is 1. The number of aryl methyl sites for hydroxylation is 1. The molecule has 5 rings (SSSR count). The molecule has 0 saturated carbocycles. The second-order valence-corrected chi connectivity index (χ2v) is 9.05. The number of aliphatic hydroxyl groups is 1. The smallest absolute Gasteiger partial charge is 0.300 e. The first-order chi connectivity index (χ1) is 17.3. The molecule has 3 aromatic rings. The number of pyridine rings is 1. The molecule has 2 aromatic carbocycles. The third-order valence-corrected chi connectivity index (χ3v) is 6.55. The molecule has 8 nitrogen and oxygen atoms in total. The summed E-state index contributed by atoms with van der Waals surface area (Å²) in [5.41, 5.74) is 3.18. The molecule has 1 aromatic heterocycles. The van der Waals surface area contributed by atoms with Gasteiger partial charge in [0.1, 0.15) is 11.5 Å². The number of aromatic nitrogens is 1. The Kier molecular flexibility index (Phi) is 5.88. The van der Waals surface area contributed by atoms with Gasteiger partial charge in [-0.3, -0.25) is 19.5 Å². The van der Waals surface area contributed by atoms with Gasteiger partial charge in [0.15, 0.2) is 11.5 Å². The number of ketones is 1. The summed E-state index contributed by atoms with van der Waals surface area (Å²) in [6.07, 6.45) is 3.18. The van der Waals surface area contributed by atoms with E-state index in [-0.39, 0.29) is 24.0 Å². The zero-order valence-electron chi connectivity index (χ0n) is 20.4. The predicted octanol–water partition coefficient (Wildman–Crippen LogP) is 4.88. The summed E-state index contributed by atoms with van der Waals surface area (Å²) >= 11 is 0. The van der Waals surface area contributed by atoms with Crippen LogP contribution in [0.3, 0.4) is 0 Å². The van der Waals surface area contributed by atoms with E-state index in [0.29, 0.717) is 34.1 Å². The number of Topliss-reactive ketones (excluding diaryl/α,β-unsaturated/α-hetero) is 1. The molecular weight excluding hydrogens is 460 g/mol. The minimum atomic E-state index is -0.864. The van der Waals surface area contributed by atoms with Crippen LogP contribution in [0.15, 0.2) is 60.4 Å². The Hall–Kier alpha value is -4.33. The van der Waals surface area contributed by atoms with Crippen LogP contribution in [0.1, 0.15) is 48.1 Å². The highest BCUT2D eigenvalue weighted by molar-refractivity contribution is 6.51. The van der Waals surface area contributed by atoms with E-state index in [1.165, 1.54) is 4.90 Å². The standard InChI is InChI=1S/C28H26N2O6/c1-15(2)19-13-20(16(3)11-22(19)34-4)26(31)24-25(17-7-9-29-10-8-17)30(28(33)27(24)32)18-5-6-21-23(12-18)36-14-35-21/h5-13,15,25,31H,14H2,1-4H3/b26-24+. The van der Waals surface area contributed by atoms with Crippen molar-refractivity contribution >= 4 is 23.1 Å². The van der Waals surface area contributed by atoms with Crippen LogP contribution < -0.4 is 19.1 Å². The van der Waals surface area contributed by atoms with Crippen LogP contribution in [0, 0.1) is 6.92 Å². The molecule has 1 unspecified atom stereocenters. The molecule has 0 bridgehead atoms. The maximum Gasteiger partial charge on any atom is 0.300 e. The number of amides is 1. The van der Waals surface area contributed by atoms with Crippen LogP contribution in [0.5, 0.6) is 17.2 Å².